The molecular weight excluding hydrogens is 192 g/mol. The third-order valence-electron chi connectivity index (χ3n) is 6.79. The number of hydrogen-bond acceptors (Lipinski definition) is 0. The summed E-state index contributed by atoms with van der Waals surface area (Å²) in [4.78, 5) is 0. The monoisotopic (exact) mass is 218 g/mol. The molecular formula is C16H26. The Hall–Kier alpha value is 0. The lowest BCUT2D eigenvalue weighted by atomic mass is 9.56. The van der Waals surface area contributed by atoms with Gasteiger partial charge in [-0.15, -0.1) is 0 Å². The summed E-state index contributed by atoms with van der Waals surface area (Å²) in [5.74, 6) is 7.07. The van der Waals surface area contributed by atoms with E-state index in [1.807, 2.05) is 0 Å². The van der Waals surface area contributed by atoms with Crippen LogP contribution in [0.15, 0.2) is 0 Å². The van der Waals surface area contributed by atoms with E-state index in [2.05, 4.69) is 0 Å². The Kier molecular flexibility index (Phi) is 2.34. The summed E-state index contributed by atoms with van der Waals surface area (Å²) in [6.07, 6.45) is 15.9. The fourth-order valence-corrected chi connectivity index (χ4v) is 6.26. The number of rotatable bonds is 0. The minimum absolute atomic E-state index is 1.17. The molecule has 4 saturated carbocycles. The van der Waals surface area contributed by atoms with Gasteiger partial charge in [-0.2, -0.15) is 0 Å². The van der Waals surface area contributed by atoms with Crippen molar-refractivity contribution >= 4 is 0 Å². The Morgan fingerprint density at radius 2 is 0.938 bits per heavy atom. The van der Waals surface area contributed by atoms with E-state index in [4.69, 9.17) is 0 Å². The Balaban J connectivity index is 1.63. The summed E-state index contributed by atoms with van der Waals surface area (Å²) >= 11 is 0. The molecule has 4 aliphatic carbocycles. The van der Waals surface area contributed by atoms with Crippen molar-refractivity contribution in [3.05, 3.63) is 0 Å². The smallest absolute Gasteiger partial charge is 0.0324 e. The Morgan fingerprint density at radius 1 is 0.438 bits per heavy atom. The lowest BCUT2D eigenvalue weighted by molar-refractivity contribution is 0.00405. The molecule has 0 amide bonds. The van der Waals surface area contributed by atoms with Crippen LogP contribution in [0.25, 0.3) is 0 Å². The SMILES string of the molecule is C1CC2CCC3CCC4CCCC4C3C2C1. The molecule has 16 heavy (non-hydrogen) atoms. The Bertz CT molecular complexity index is 243. The van der Waals surface area contributed by atoms with Crippen LogP contribution in [0, 0.1) is 35.5 Å². The summed E-state index contributed by atoms with van der Waals surface area (Å²) in [5.41, 5.74) is 0. The van der Waals surface area contributed by atoms with Gasteiger partial charge in [0.1, 0.15) is 0 Å². The molecule has 4 unspecified atom stereocenters. The molecule has 0 radical (unpaired) electrons. The third kappa shape index (κ3) is 1.34. The van der Waals surface area contributed by atoms with E-state index >= 15 is 0 Å². The van der Waals surface area contributed by atoms with Gasteiger partial charge in [-0.1, -0.05) is 25.7 Å². The fourth-order valence-electron chi connectivity index (χ4n) is 6.26. The van der Waals surface area contributed by atoms with Gasteiger partial charge in [-0.25, -0.2) is 0 Å². The predicted octanol–water partition coefficient (Wildman–Crippen LogP) is 4.64. The number of fused-ring (bicyclic) bond motifs is 5. The van der Waals surface area contributed by atoms with Gasteiger partial charge in [0.2, 0.25) is 0 Å². The van der Waals surface area contributed by atoms with Crippen LogP contribution in [-0.2, 0) is 0 Å². The highest BCUT2D eigenvalue weighted by Crippen LogP contribution is 2.59. The molecule has 0 aromatic carbocycles. The maximum Gasteiger partial charge on any atom is -0.0324 e. The molecule has 0 N–H and O–H groups in total. The van der Waals surface area contributed by atoms with Crippen LogP contribution in [0.3, 0.4) is 0 Å². The van der Waals surface area contributed by atoms with Crippen molar-refractivity contribution in [3.8, 4) is 0 Å². The molecule has 0 aromatic heterocycles. The maximum atomic E-state index is 1.61. The Morgan fingerprint density at radius 3 is 1.50 bits per heavy atom. The highest BCUT2D eigenvalue weighted by atomic mass is 14.5. The van der Waals surface area contributed by atoms with Gasteiger partial charge in [0.05, 0.1) is 0 Å². The first kappa shape index (κ1) is 9.97. The van der Waals surface area contributed by atoms with Crippen molar-refractivity contribution in [3.63, 3.8) is 0 Å². The van der Waals surface area contributed by atoms with E-state index < -0.39 is 0 Å². The summed E-state index contributed by atoms with van der Waals surface area (Å²) in [6.45, 7) is 0. The maximum absolute atomic E-state index is 1.61. The van der Waals surface area contributed by atoms with Crippen molar-refractivity contribution in [2.24, 2.45) is 35.5 Å². The van der Waals surface area contributed by atoms with Crippen molar-refractivity contribution in [1.82, 2.24) is 0 Å². The molecule has 0 aromatic rings. The predicted molar refractivity (Wildman–Crippen MR) is 67.1 cm³/mol. The molecule has 4 atom stereocenters. The lowest BCUT2D eigenvalue weighted by Gasteiger charge is -2.49. The van der Waals surface area contributed by atoms with E-state index in [-0.39, 0.29) is 0 Å². The van der Waals surface area contributed by atoms with Crippen molar-refractivity contribution < 1.29 is 0 Å². The molecule has 0 spiro atoms. The average Bonchev–Trinajstić information content (AvgIpc) is 2.96. The van der Waals surface area contributed by atoms with Gasteiger partial charge in [-0.3, -0.25) is 0 Å². The first-order valence-corrected chi connectivity index (χ1v) is 7.93. The topological polar surface area (TPSA) is 0 Å². The second-order valence-corrected chi connectivity index (χ2v) is 7.20. The molecule has 0 heterocycles. The van der Waals surface area contributed by atoms with Crippen LogP contribution < -0.4 is 0 Å². The molecule has 0 nitrogen and oxygen atoms in total. The minimum Gasteiger partial charge on any atom is -0.0527 e. The van der Waals surface area contributed by atoms with Crippen LogP contribution in [0.1, 0.15) is 64.2 Å². The van der Waals surface area contributed by atoms with Crippen LogP contribution in [0.2, 0.25) is 0 Å². The Labute approximate surface area is 100 Å². The standard InChI is InChI=1S/C16H26/c1-3-11-7-9-13-10-8-12-4-2-6-15(12)16(13)14(11)5-1/h11-16H,1-10H2. The van der Waals surface area contributed by atoms with Crippen LogP contribution >= 0.6 is 0 Å². The van der Waals surface area contributed by atoms with Crippen molar-refractivity contribution in [1.29, 1.82) is 0 Å². The summed E-state index contributed by atoms with van der Waals surface area (Å²) in [5, 5.41) is 0. The molecule has 0 aliphatic heterocycles. The lowest BCUT2D eigenvalue weighted by Crippen LogP contribution is -2.41. The zero-order valence-electron chi connectivity index (χ0n) is 10.5. The number of hydrogen-bond donors (Lipinski definition) is 0. The van der Waals surface area contributed by atoms with Gasteiger partial charge in [0.15, 0.2) is 0 Å². The molecule has 90 valence electrons. The van der Waals surface area contributed by atoms with E-state index in [0.29, 0.717) is 0 Å². The highest BCUT2D eigenvalue weighted by molar-refractivity contribution is 4.99. The average molecular weight is 218 g/mol. The van der Waals surface area contributed by atoms with Gasteiger partial charge in [-0.05, 0) is 74.0 Å². The largest absolute Gasteiger partial charge is 0.0527 e. The summed E-state index contributed by atoms with van der Waals surface area (Å²) in [7, 11) is 0. The summed E-state index contributed by atoms with van der Waals surface area (Å²) < 4.78 is 0. The fraction of sp³-hybridized carbons (Fsp3) is 1.00. The summed E-state index contributed by atoms with van der Waals surface area (Å²) in [6, 6.07) is 0. The van der Waals surface area contributed by atoms with Gasteiger partial charge >= 0.3 is 0 Å². The van der Waals surface area contributed by atoms with E-state index in [1.165, 1.54) is 35.5 Å². The van der Waals surface area contributed by atoms with Crippen molar-refractivity contribution in [2.75, 3.05) is 0 Å². The third-order valence-corrected chi connectivity index (χ3v) is 6.79. The van der Waals surface area contributed by atoms with Gasteiger partial charge < -0.3 is 0 Å². The van der Waals surface area contributed by atoms with E-state index in [1.54, 1.807) is 64.2 Å². The molecule has 0 heteroatoms. The molecule has 0 saturated heterocycles. The van der Waals surface area contributed by atoms with Crippen LogP contribution in [0.4, 0.5) is 0 Å². The van der Waals surface area contributed by atoms with Crippen molar-refractivity contribution in [2.45, 2.75) is 64.2 Å². The molecule has 4 fully saturated rings. The zero-order chi connectivity index (χ0) is 10.5. The molecule has 4 aliphatic rings. The van der Waals surface area contributed by atoms with Gasteiger partial charge in [0, 0.05) is 0 Å². The zero-order valence-corrected chi connectivity index (χ0v) is 10.5. The van der Waals surface area contributed by atoms with Crippen LogP contribution in [0.5, 0.6) is 0 Å². The molecule has 4 rings (SSSR count). The first-order valence-electron chi connectivity index (χ1n) is 7.93. The normalized spacial score (nSPS) is 55.5. The van der Waals surface area contributed by atoms with E-state index in [0.717, 1.165) is 0 Å². The second-order valence-electron chi connectivity index (χ2n) is 7.20. The minimum atomic E-state index is 1.17. The first-order chi connectivity index (χ1) is 7.93. The van der Waals surface area contributed by atoms with E-state index in [9.17, 15) is 0 Å². The van der Waals surface area contributed by atoms with Gasteiger partial charge in [0.25, 0.3) is 0 Å². The highest BCUT2D eigenvalue weighted by Gasteiger charge is 2.49. The quantitative estimate of drug-likeness (QED) is 0.555. The second kappa shape index (κ2) is 3.75. The van der Waals surface area contributed by atoms with Crippen LogP contribution in [-0.4, -0.2) is 0 Å². The molecule has 0 bridgehead atoms.